The van der Waals surface area contributed by atoms with E-state index in [4.69, 9.17) is 0 Å². The molecule has 0 radical (unpaired) electrons. The van der Waals surface area contributed by atoms with Crippen LogP contribution in [0, 0.1) is 0 Å². The smallest absolute Gasteiger partial charge is 0.0510 e. The summed E-state index contributed by atoms with van der Waals surface area (Å²) in [6, 6.07) is 8.30. The van der Waals surface area contributed by atoms with Crippen molar-refractivity contribution in [3.05, 3.63) is 28.2 Å². The van der Waals surface area contributed by atoms with Gasteiger partial charge in [-0.05, 0) is 65.7 Å². The monoisotopic (exact) mass is 308 g/mol. The summed E-state index contributed by atoms with van der Waals surface area (Å²) in [6.07, 6.45) is 6.77. The second-order valence-corrected chi connectivity index (χ2v) is 6.49. The molecule has 0 heterocycles. The molecule has 2 aliphatic carbocycles. The second-order valence-electron chi connectivity index (χ2n) is 5.64. The lowest BCUT2D eigenvalue weighted by atomic mass is 9.91. The lowest BCUT2D eigenvalue weighted by Crippen LogP contribution is -2.37. The Kier molecular flexibility index (Phi) is 3.62. The van der Waals surface area contributed by atoms with E-state index in [9.17, 15) is 0 Å². The fourth-order valence-electron chi connectivity index (χ4n) is 2.47. The van der Waals surface area contributed by atoms with Crippen molar-refractivity contribution in [3.63, 3.8) is 0 Å². The fourth-order valence-corrected chi connectivity index (χ4v) is 3.17. The van der Waals surface area contributed by atoms with Gasteiger partial charge in [0.15, 0.2) is 0 Å². The Bertz CT molecular complexity index is 425. The van der Waals surface area contributed by atoms with Gasteiger partial charge in [-0.1, -0.05) is 6.07 Å². The quantitative estimate of drug-likeness (QED) is 0.892. The number of hydrogen-bond donors (Lipinski definition) is 1. The average molecular weight is 309 g/mol. The summed E-state index contributed by atoms with van der Waals surface area (Å²) < 4.78 is 1.23. The molecule has 0 spiro atoms. The number of nitrogens with zero attached hydrogens (tertiary/aromatic N) is 1. The minimum atomic E-state index is 0.747. The third kappa shape index (κ3) is 2.72. The molecular formula is C15H21BrN2. The molecule has 0 unspecified atom stereocenters. The van der Waals surface area contributed by atoms with Crippen LogP contribution in [0.2, 0.25) is 0 Å². The van der Waals surface area contributed by atoms with E-state index in [1.807, 2.05) is 0 Å². The molecular weight excluding hydrogens is 288 g/mol. The molecule has 0 saturated heterocycles. The third-order valence-electron chi connectivity index (χ3n) is 4.19. The van der Waals surface area contributed by atoms with Crippen molar-refractivity contribution >= 4 is 21.6 Å². The van der Waals surface area contributed by atoms with Crippen molar-refractivity contribution in [3.8, 4) is 0 Å². The van der Waals surface area contributed by atoms with E-state index >= 15 is 0 Å². The van der Waals surface area contributed by atoms with Gasteiger partial charge >= 0.3 is 0 Å². The summed E-state index contributed by atoms with van der Waals surface area (Å²) >= 11 is 3.72. The predicted octanol–water partition coefficient (Wildman–Crippen LogP) is 3.69. The van der Waals surface area contributed by atoms with Crippen molar-refractivity contribution < 1.29 is 0 Å². The number of rotatable bonds is 5. The molecule has 1 aromatic rings. The van der Waals surface area contributed by atoms with Crippen LogP contribution in [0.3, 0.4) is 0 Å². The Hall–Kier alpha value is -0.540. The first kappa shape index (κ1) is 12.5. The second kappa shape index (κ2) is 5.22. The largest absolute Gasteiger partial charge is 0.371 e. The highest BCUT2D eigenvalue weighted by Crippen LogP contribution is 2.33. The van der Waals surface area contributed by atoms with Crippen LogP contribution in [0.1, 0.15) is 37.7 Å². The highest BCUT2D eigenvalue weighted by Gasteiger charge is 2.23. The number of nitrogens with one attached hydrogen (secondary N) is 1. The molecule has 0 aromatic heterocycles. The normalized spacial score (nSPS) is 19.7. The van der Waals surface area contributed by atoms with Crippen molar-refractivity contribution in [1.82, 2.24) is 5.32 Å². The highest BCUT2D eigenvalue weighted by molar-refractivity contribution is 9.10. The van der Waals surface area contributed by atoms with Crippen molar-refractivity contribution in [2.75, 3.05) is 11.9 Å². The van der Waals surface area contributed by atoms with Crippen LogP contribution in [0.25, 0.3) is 0 Å². The molecule has 98 valence electrons. The predicted molar refractivity (Wildman–Crippen MR) is 80.0 cm³/mol. The van der Waals surface area contributed by atoms with Gasteiger partial charge in [0, 0.05) is 30.1 Å². The van der Waals surface area contributed by atoms with Gasteiger partial charge in [-0.3, -0.25) is 0 Å². The van der Waals surface area contributed by atoms with Gasteiger partial charge in [0.25, 0.3) is 0 Å². The zero-order valence-corrected chi connectivity index (χ0v) is 12.5. The summed E-state index contributed by atoms with van der Waals surface area (Å²) in [5.74, 6) is 0. The van der Waals surface area contributed by atoms with Crippen molar-refractivity contribution in [2.45, 2.75) is 50.7 Å². The van der Waals surface area contributed by atoms with E-state index in [1.165, 1.54) is 47.8 Å². The Morgan fingerprint density at radius 3 is 2.61 bits per heavy atom. The van der Waals surface area contributed by atoms with Crippen LogP contribution in [0.4, 0.5) is 5.69 Å². The molecule has 2 aliphatic rings. The van der Waals surface area contributed by atoms with E-state index in [2.05, 4.69) is 51.4 Å². The highest BCUT2D eigenvalue weighted by atomic mass is 79.9. The SMILES string of the molecule is CN(c1ccc(CNC2CC2)cc1Br)C1CCC1. The summed E-state index contributed by atoms with van der Waals surface area (Å²) in [4.78, 5) is 2.42. The third-order valence-corrected chi connectivity index (χ3v) is 4.82. The van der Waals surface area contributed by atoms with Gasteiger partial charge in [0.2, 0.25) is 0 Å². The Morgan fingerprint density at radius 2 is 2.06 bits per heavy atom. The number of halogens is 1. The average Bonchev–Trinajstić information content (AvgIpc) is 3.07. The van der Waals surface area contributed by atoms with Crippen LogP contribution in [-0.2, 0) is 6.54 Å². The summed E-state index contributed by atoms with van der Waals surface area (Å²) in [5.41, 5.74) is 2.70. The number of anilines is 1. The first-order valence-corrected chi connectivity index (χ1v) is 7.78. The van der Waals surface area contributed by atoms with Crippen LogP contribution < -0.4 is 10.2 Å². The Labute approximate surface area is 118 Å². The van der Waals surface area contributed by atoms with E-state index in [1.54, 1.807) is 0 Å². The van der Waals surface area contributed by atoms with Gasteiger partial charge in [0.1, 0.15) is 0 Å². The molecule has 3 heteroatoms. The minimum Gasteiger partial charge on any atom is -0.371 e. The molecule has 2 fully saturated rings. The lowest BCUT2D eigenvalue weighted by Gasteiger charge is -2.37. The Balaban J connectivity index is 1.66. The van der Waals surface area contributed by atoms with Crippen LogP contribution >= 0.6 is 15.9 Å². The van der Waals surface area contributed by atoms with Gasteiger partial charge in [-0.2, -0.15) is 0 Å². The molecule has 1 aromatic carbocycles. The maximum absolute atomic E-state index is 3.72. The summed E-state index contributed by atoms with van der Waals surface area (Å²) in [5, 5.41) is 3.56. The molecule has 18 heavy (non-hydrogen) atoms. The molecule has 2 nitrogen and oxygen atoms in total. The van der Waals surface area contributed by atoms with Crippen LogP contribution in [0.15, 0.2) is 22.7 Å². The first-order chi connectivity index (χ1) is 8.74. The molecule has 0 aliphatic heterocycles. The molecule has 1 N–H and O–H groups in total. The molecule has 0 atom stereocenters. The van der Waals surface area contributed by atoms with Crippen LogP contribution in [-0.4, -0.2) is 19.1 Å². The zero-order valence-electron chi connectivity index (χ0n) is 11.0. The molecule has 0 amide bonds. The maximum atomic E-state index is 3.72. The van der Waals surface area contributed by atoms with E-state index < -0.39 is 0 Å². The minimum absolute atomic E-state index is 0.747. The number of hydrogen-bond acceptors (Lipinski definition) is 2. The number of benzene rings is 1. The van der Waals surface area contributed by atoms with Gasteiger partial charge in [-0.25, -0.2) is 0 Å². The van der Waals surface area contributed by atoms with Gasteiger partial charge in [-0.15, -0.1) is 0 Å². The summed E-state index contributed by atoms with van der Waals surface area (Å²) in [7, 11) is 2.21. The topological polar surface area (TPSA) is 15.3 Å². The first-order valence-electron chi connectivity index (χ1n) is 6.98. The molecule has 3 rings (SSSR count). The van der Waals surface area contributed by atoms with Crippen molar-refractivity contribution in [1.29, 1.82) is 0 Å². The van der Waals surface area contributed by atoms with E-state index in [-0.39, 0.29) is 0 Å². The molecule has 0 bridgehead atoms. The zero-order chi connectivity index (χ0) is 12.5. The van der Waals surface area contributed by atoms with E-state index in [0.717, 1.165) is 18.6 Å². The maximum Gasteiger partial charge on any atom is 0.0510 e. The van der Waals surface area contributed by atoms with Gasteiger partial charge in [0.05, 0.1) is 5.69 Å². The van der Waals surface area contributed by atoms with Gasteiger partial charge < -0.3 is 10.2 Å². The Morgan fingerprint density at radius 1 is 1.28 bits per heavy atom. The van der Waals surface area contributed by atoms with Crippen LogP contribution in [0.5, 0.6) is 0 Å². The fraction of sp³-hybridized carbons (Fsp3) is 0.600. The summed E-state index contributed by atoms with van der Waals surface area (Å²) in [6.45, 7) is 0.997. The van der Waals surface area contributed by atoms with E-state index in [0.29, 0.717) is 0 Å². The molecule has 2 saturated carbocycles. The lowest BCUT2D eigenvalue weighted by molar-refractivity contribution is 0.401. The van der Waals surface area contributed by atoms with Crippen molar-refractivity contribution in [2.24, 2.45) is 0 Å². The standard InChI is InChI=1S/C15H21BrN2/c1-18(13-3-2-4-13)15-8-5-11(9-14(15)16)10-17-12-6-7-12/h5,8-9,12-13,17H,2-4,6-7,10H2,1H3.